The van der Waals surface area contributed by atoms with Crippen molar-refractivity contribution in [2.45, 2.75) is 49.8 Å². The summed E-state index contributed by atoms with van der Waals surface area (Å²) in [7, 11) is -3.68. The average molecular weight is 453 g/mol. The molecule has 8 heteroatoms. The number of hydrogen-bond donors (Lipinski definition) is 3. The number of anilines is 1. The highest BCUT2D eigenvalue weighted by atomic mass is 32.2. The number of amidine groups is 1. The van der Waals surface area contributed by atoms with Crippen LogP contribution in [0, 0.1) is 0 Å². The third-order valence-electron chi connectivity index (χ3n) is 5.60. The number of nitrogens with zero attached hydrogens (tertiary/aromatic N) is 1. The SMILES string of the molecule is O=C(CCCc1c[nH]c2ccccc12)Nc1ccc(S(=O)(=O)NC2=NCCCCC2)cc1. The number of hydrogen-bond acceptors (Lipinski definition) is 4. The van der Waals surface area contributed by atoms with E-state index in [1.54, 1.807) is 12.1 Å². The van der Waals surface area contributed by atoms with E-state index in [1.165, 1.54) is 23.1 Å². The van der Waals surface area contributed by atoms with Crippen molar-refractivity contribution < 1.29 is 13.2 Å². The molecule has 4 rings (SSSR count). The highest BCUT2D eigenvalue weighted by Crippen LogP contribution is 2.20. The Labute approximate surface area is 188 Å². The number of carbonyl (C=O) groups is 1. The molecule has 0 fully saturated rings. The number of carbonyl (C=O) groups excluding carboxylic acids is 1. The molecule has 1 aliphatic rings. The van der Waals surface area contributed by atoms with Gasteiger partial charge in [0, 0.05) is 42.2 Å². The number of benzene rings is 2. The van der Waals surface area contributed by atoms with E-state index in [9.17, 15) is 13.2 Å². The van der Waals surface area contributed by atoms with Gasteiger partial charge in [-0.05, 0) is 61.6 Å². The van der Waals surface area contributed by atoms with Gasteiger partial charge in [-0.3, -0.25) is 14.5 Å². The Kier molecular flexibility index (Phi) is 6.90. The first-order chi connectivity index (χ1) is 15.5. The standard InChI is InChI=1S/C24H28N4O3S/c29-24(11-6-7-18-17-26-22-9-4-3-8-21(18)22)27-19-12-14-20(15-13-19)32(30,31)28-23-10-2-1-5-16-25-23/h3-4,8-9,12-15,17,26H,1-2,5-7,10-11,16H2,(H,25,28)(H,27,29). The van der Waals surface area contributed by atoms with Crippen LogP contribution in [-0.2, 0) is 21.2 Å². The van der Waals surface area contributed by atoms with Gasteiger partial charge in [0.1, 0.15) is 5.84 Å². The molecule has 0 saturated carbocycles. The Morgan fingerprint density at radius 2 is 1.84 bits per heavy atom. The summed E-state index contributed by atoms with van der Waals surface area (Å²) in [5.41, 5.74) is 2.88. The largest absolute Gasteiger partial charge is 0.361 e. The van der Waals surface area contributed by atoms with Gasteiger partial charge in [-0.1, -0.05) is 24.6 Å². The van der Waals surface area contributed by atoms with Gasteiger partial charge in [-0.15, -0.1) is 0 Å². The van der Waals surface area contributed by atoms with Crippen LogP contribution in [0.1, 0.15) is 44.1 Å². The number of aromatic amines is 1. The molecule has 0 spiro atoms. The number of aryl methyl sites for hydroxylation is 1. The maximum atomic E-state index is 12.6. The van der Waals surface area contributed by atoms with Crippen LogP contribution in [0.3, 0.4) is 0 Å². The Morgan fingerprint density at radius 1 is 1.03 bits per heavy atom. The van der Waals surface area contributed by atoms with E-state index in [0.29, 0.717) is 30.9 Å². The molecular formula is C24H28N4O3S. The number of sulfonamides is 1. The Bertz CT molecular complexity index is 1210. The van der Waals surface area contributed by atoms with E-state index < -0.39 is 10.0 Å². The van der Waals surface area contributed by atoms with Crippen LogP contribution in [0.4, 0.5) is 5.69 Å². The minimum Gasteiger partial charge on any atom is -0.361 e. The van der Waals surface area contributed by atoms with Gasteiger partial charge < -0.3 is 10.3 Å². The van der Waals surface area contributed by atoms with E-state index in [4.69, 9.17) is 0 Å². The lowest BCUT2D eigenvalue weighted by atomic mass is 10.1. The molecule has 32 heavy (non-hydrogen) atoms. The van der Waals surface area contributed by atoms with Crippen molar-refractivity contribution >= 4 is 38.4 Å². The van der Waals surface area contributed by atoms with E-state index in [0.717, 1.165) is 37.6 Å². The molecule has 7 nitrogen and oxygen atoms in total. The summed E-state index contributed by atoms with van der Waals surface area (Å²) in [5.74, 6) is 0.432. The highest BCUT2D eigenvalue weighted by Gasteiger charge is 2.17. The lowest BCUT2D eigenvalue weighted by Gasteiger charge is -2.10. The van der Waals surface area contributed by atoms with Gasteiger partial charge in [0.05, 0.1) is 4.90 Å². The maximum Gasteiger partial charge on any atom is 0.262 e. The molecule has 1 aliphatic heterocycles. The van der Waals surface area contributed by atoms with Crippen LogP contribution in [0.5, 0.6) is 0 Å². The van der Waals surface area contributed by atoms with Crippen molar-refractivity contribution in [1.82, 2.24) is 9.71 Å². The lowest BCUT2D eigenvalue weighted by molar-refractivity contribution is -0.116. The second kappa shape index (κ2) is 9.99. The Morgan fingerprint density at radius 3 is 2.69 bits per heavy atom. The molecule has 1 aromatic heterocycles. The molecule has 0 aliphatic carbocycles. The summed E-state index contributed by atoms with van der Waals surface area (Å²) in [6.45, 7) is 0.656. The van der Waals surface area contributed by atoms with Crippen molar-refractivity contribution in [3.8, 4) is 0 Å². The van der Waals surface area contributed by atoms with Gasteiger partial charge >= 0.3 is 0 Å². The van der Waals surface area contributed by atoms with Crippen molar-refractivity contribution in [3.05, 3.63) is 60.3 Å². The summed E-state index contributed by atoms with van der Waals surface area (Å²) >= 11 is 0. The molecule has 0 atom stereocenters. The summed E-state index contributed by atoms with van der Waals surface area (Å²) in [6.07, 6.45) is 7.55. The third-order valence-corrected chi connectivity index (χ3v) is 7.00. The minimum atomic E-state index is -3.68. The fourth-order valence-corrected chi connectivity index (χ4v) is 4.98. The fourth-order valence-electron chi connectivity index (χ4n) is 3.89. The van der Waals surface area contributed by atoms with Crippen molar-refractivity contribution in [2.75, 3.05) is 11.9 Å². The van der Waals surface area contributed by atoms with Gasteiger partial charge in [-0.25, -0.2) is 8.42 Å². The van der Waals surface area contributed by atoms with Gasteiger partial charge in [0.25, 0.3) is 10.0 Å². The molecule has 0 bridgehead atoms. The predicted octanol–water partition coefficient (Wildman–Crippen LogP) is 4.38. The van der Waals surface area contributed by atoms with Gasteiger partial charge in [0.2, 0.25) is 5.91 Å². The first-order valence-corrected chi connectivity index (χ1v) is 12.5. The zero-order valence-electron chi connectivity index (χ0n) is 17.9. The maximum absolute atomic E-state index is 12.6. The number of nitrogens with one attached hydrogen (secondary N) is 3. The highest BCUT2D eigenvalue weighted by molar-refractivity contribution is 7.90. The summed E-state index contributed by atoms with van der Waals surface area (Å²) in [6, 6.07) is 14.3. The zero-order chi connectivity index (χ0) is 22.4. The number of H-pyrrole nitrogens is 1. The second-order valence-corrected chi connectivity index (χ2v) is 9.71. The number of para-hydroxylation sites is 1. The van der Waals surface area contributed by atoms with Crippen molar-refractivity contribution in [1.29, 1.82) is 0 Å². The van der Waals surface area contributed by atoms with Crippen molar-refractivity contribution in [2.24, 2.45) is 4.99 Å². The summed E-state index contributed by atoms with van der Waals surface area (Å²) < 4.78 is 27.8. The molecule has 2 heterocycles. The van der Waals surface area contributed by atoms with Crippen LogP contribution < -0.4 is 10.0 Å². The third kappa shape index (κ3) is 5.56. The number of amides is 1. The second-order valence-electron chi connectivity index (χ2n) is 8.03. The van der Waals surface area contributed by atoms with Crippen LogP contribution in [-0.4, -0.2) is 31.7 Å². The van der Waals surface area contributed by atoms with Crippen LogP contribution in [0.25, 0.3) is 10.9 Å². The van der Waals surface area contributed by atoms with Crippen LogP contribution in [0.15, 0.2) is 64.6 Å². The Hall–Kier alpha value is -3.13. The smallest absolute Gasteiger partial charge is 0.262 e. The first-order valence-electron chi connectivity index (χ1n) is 11.0. The van der Waals surface area contributed by atoms with Crippen LogP contribution >= 0.6 is 0 Å². The first kappa shape index (κ1) is 22.1. The number of rotatable bonds is 7. The fraction of sp³-hybridized carbons (Fsp3) is 0.333. The van der Waals surface area contributed by atoms with Crippen LogP contribution in [0.2, 0.25) is 0 Å². The molecule has 0 unspecified atom stereocenters. The zero-order valence-corrected chi connectivity index (χ0v) is 18.7. The van der Waals surface area contributed by atoms with E-state index in [-0.39, 0.29) is 10.8 Å². The molecule has 0 radical (unpaired) electrons. The summed E-state index contributed by atoms with van der Waals surface area (Å²) in [5, 5.41) is 4.03. The molecule has 0 saturated heterocycles. The molecule has 1 amide bonds. The van der Waals surface area contributed by atoms with E-state index in [2.05, 4.69) is 26.1 Å². The molecule has 168 valence electrons. The van der Waals surface area contributed by atoms with E-state index >= 15 is 0 Å². The molecular weight excluding hydrogens is 424 g/mol. The molecule has 3 N–H and O–H groups in total. The molecule has 2 aromatic carbocycles. The number of fused-ring (bicyclic) bond motifs is 1. The minimum absolute atomic E-state index is 0.0913. The quantitative estimate of drug-likeness (QED) is 0.495. The number of aromatic nitrogens is 1. The monoisotopic (exact) mass is 452 g/mol. The normalized spacial score (nSPS) is 14.6. The van der Waals surface area contributed by atoms with Gasteiger partial charge in [0.15, 0.2) is 0 Å². The van der Waals surface area contributed by atoms with Gasteiger partial charge in [-0.2, -0.15) is 0 Å². The number of aliphatic imine (C=N–C) groups is 1. The lowest BCUT2D eigenvalue weighted by Crippen LogP contribution is -2.30. The molecule has 3 aromatic rings. The van der Waals surface area contributed by atoms with Crippen molar-refractivity contribution in [3.63, 3.8) is 0 Å². The topological polar surface area (TPSA) is 103 Å². The van der Waals surface area contributed by atoms with E-state index in [1.807, 2.05) is 24.4 Å². The predicted molar refractivity (Wildman–Crippen MR) is 127 cm³/mol. The average Bonchev–Trinajstić information content (AvgIpc) is 3.01. The Balaban J connectivity index is 1.29. The summed E-state index contributed by atoms with van der Waals surface area (Å²) in [4.78, 5) is 20.0.